The summed E-state index contributed by atoms with van der Waals surface area (Å²) in [6.07, 6.45) is 0. The molecule has 90 valence electrons. The van der Waals surface area contributed by atoms with E-state index in [0.29, 0.717) is 17.0 Å². The van der Waals surface area contributed by atoms with Gasteiger partial charge in [0.25, 0.3) is 0 Å². The number of fused-ring (bicyclic) bond motifs is 1. The Labute approximate surface area is 107 Å². The second kappa shape index (κ2) is 4.49. The summed E-state index contributed by atoms with van der Waals surface area (Å²) in [5, 5.41) is 2.76. The number of Topliss-reactive ketones (excluding diaryl/α,β-unsaturated/α-hetero) is 1. The number of anilines is 1. The van der Waals surface area contributed by atoms with Gasteiger partial charge in [0.15, 0.2) is 11.5 Å². The van der Waals surface area contributed by atoms with Crippen molar-refractivity contribution in [1.29, 1.82) is 0 Å². The lowest BCUT2D eigenvalue weighted by Crippen LogP contribution is -2.22. The zero-order valence-corrected chi connectivity index (χ0v) is 11.1. The van der Waals surface area contributed by atoms with Gasteiger partial charge in [-0.2, -0.15) is 0 Å². The molecule has 0 spiro atoms. The third kappa shape index (κ3) is 2.34. The van der Waals surface area contributed by atoms with Crippen LogP contribution in [-0.2, 0) is 4.79 Å². The highest BCUT2D eigenvalue weighted by Gasteiger charge is 2.24. The molecule has 0 bridgehead atoms. The third-order valence-electron chi connectivity index (χ3n) is 2.62. The number of amides is 1. The van der Waals surface area contributed by atoms with Crippen molar-refractivity contribution in [1.82, 2.24) is 0 Å². The van der Waals surface area contributed by atoms with Crippen LogP contribution in [-0.4, -0.2) is 18.3 Å². The van der Waals surface area contributed by atoms with E-state index < -0.39 is 0 Å². The topological polar surface area (TPSA) is 55.4 Å². The van der Waals surface area contributed by atoms with Gasteiger partial charge < -0.3 is 10.1 Å². The van der Waals surface area contributed by atoms with Crippen LogP contribution in [0.2, 0.25) is 0 Å². The minimum absolute atomic E-state index is 0.0913. The Kier molecular flexibility index (Phi) is 3.19. The molecule has 0 fully saturated rings. The zero-order chi connectivity index (χ0) is 12.6. The molecular weight excluding hydrogens is 286 g/mol. The highest BCUT2D eigenvalue weighted by Crippen LogP contribution is 2.35. The van der Waals surface area contributed by atoms with E-state index in [9.17, 15) is 9.59 Å². The molecule has 0 radical (unpaired) electrons. The van der Waals surface area contributed by atoms with Gasteiger partial charge in [0.1, 0.15) is 0 Å². The number of nitrogens with one attached hydrogen (secondary N) is 1. The first-order valence-corrected chi connectivity index (χ1v) is 6.06. The summed E-state index contributed by atoms with van der Waals surface area (Å²) in [4.78, 5) is 23.2. The van der Waals surface area contributed by atoms with Crippen molar-refractivity contribution in [3.8, 4) is 5.75 Å². The van der Waals surface area contributed by atoms with Crippen LogP contribution in [0, 0.1) is 5.92 Å². The van der Waals surface area contributed by atoms with E-state index in [1.165, 1.54) is 6.92 Å². The molecule has 4 nitrogen and oxygen atoms in total. The minimum atomic E-state index is -0.235. The number of ketones is 1. The number of carbonyl (C=O) groups excluding carboxylic acids is 2. The Morgan fingerprint density at radius 2 is 2.24 bits per heavy atom. The fourth-order valence-electron chi connectivity index (χ4n) is 1.64. The predicted molar refractivity (Wildman–Crippen MR) is 67.4 cm³/mol. The van der Waals surface area contributed by atoms with Gasteiger partial charge in [0, 0.05) is 4.47 Å². The predicted octanol–water partition coefficient (Wildman–Crippen LogP) is 2.62. The van der Waals surface area contributed by atoms with Crippen molar-refractivity contribution < 1.29 is 14.3 Å². The van der Waals surface area contributed by atoms with Crippen LogP contribution in [0.15, 0.2) is 16.6 Å². The summed E-state index contributed by atoms with van der Waals surface area (Å²) < 4.78 is 6.29. The van der Waals surface area contributed by atoms with E-state index in [-0.39, 0.29) is 24.2 Å². The molecule has 0 aromatic heterocycles. The maximum atomic E-state index is 11.7. The van der Waals surface area contributed by atoms with Crippen LogP contribution in [0.5, 0.6) is 5.75 Å². The quantitative estimate of drug-likeness (QED) is 0.811. The van der Waals surface area contributed by atoms with E-state index in [1.807, 2.05) is 0 Å². The Bertz CT molecular complexity index is 499. The van der Waals surface area contributed by atoms with Crippen molar-refractivity contribution in [2.24, 2.45) is 5.92 Å². The molecule has 1 atom stereocenters. The van der Waals surface area contributed by atoms with Gasteiger partial charge >= 0.3 is 0 Å². The Morgan fingerprint density at radius 3 is 2.88 bits per heavy atom. The van der Waals surface area contributed by atoms with Crippen LogP contribution < -0.4 is 10.1 Å². The molecule has 1 N–H and O–H groups in total. The first-order valence-electron chi connectivity index (χ1n) is 5.27. The van der Waals surface area contributed by atoms with E-state index in [4.69, 9.17) is 4.74 Å². The molecule has 1 aromatic rings. The van der Waals surface area contributed by atoms with Crippen molar-refractivity contribution in [2.45, 2.75) is 13.8 Å². The van der Waals surface area contributed by atoms with E-state index >= 15 is 0 Å². The molecule has 1 heterocycles. The summed E-state index contributed by atoms with van der Waals surface area (Å²) >= 11 is 3.31. The number of rotatable bonds is 1. The molecule has 0 saturated carbocycles. The Balaban J connectivity index is 2.55. The second-order valence-electron chi connectivity index (χ2n) is 4.09. The molecule has 1 aromatic carbocycles. The normalized spacial score (nSPS) is 18.8. The number of benzene rings is 1. The molecule has 0 saturated heterocycles. The van der Waals surface area contributed by atoms with E-state index in [0.717, 1.165) is 4.47 Å². The molecule has 5 heteroatoms. The smallest absolute Gasteiger partial charge is 0.230 e. The Morgan fingerprint density at radius 1 is 1.53 bits per heavy atom. The lowest BCUT2D eigenvalue weighted by molar-refractivity contribution is -0.119. The van der Waals surface area contributed by atoms with Gasteiger partial charge in [0.05, 0.1) is 23.8 Å². The minimum Gasteiger partial charge on any atom is -0.490 e. The fourth-order valence-corrected chi connectivity index (χ4v) is 2.10. The number of hydrogen-bond donors (Lipinski definition) is 1. The van der Waals surface area contributed by atoms with Crippen LogP contribution in [0.4, 0.5) is 5.69 Å². The highest BCUT2D eigenvalue weighted by atomic mass is 79.9. The Hall–Kier alpha value is -1.36. The molecule has 1 aliphatic rings. The molecular formula is C12H12BrNO3. The SMILES string of the molecule is CC(=O)c1cc(Br)cc2c1OCC(C)C(=O)N2. The summed E-state index contributed by atoms with van der Waals surface area (Å²) in [6.45, 7) is 3.53. The standard InChI is InChI=1S/C12H12BrNO3/c1-6-5-17-11-9(7(2)15)3-8(13)4-10(11)14-12(6)16/h3-4,6H,5H2,1-2H3,(H,14,16). The first kappa shape index (κ1) is 12.1. The summed E-state index contributed by atoms with van der Waals surface area (Å²) in [6, 6.07) is 3.43. The molecule has 17 heavy (non-hydrogen) atoms. The number of ether oxygens (including phenoxy) is 1. The summed E-state index contributed by atoms with van der Waals surface area (Å²) in [5.74, 6) is 0.0297. The largest absolute Gasteiger partial charge is 0.490 e. The van der Waals surface area contributed by atoms with Crippen molar-refractivity contribution in [3.05, 3.63) is 22.2 Å². The van der Waals surface area contributed by atoms with Gasteiger partial charge in [-0.15, -0.1) is 0 Å². The highest BCUT2D eigenvalue weighted by molar-refractivity contribution is 9.10. The third-order valence-corrected chi connectivity index (χ3v) is 3.07. The summed E-state index contributed by atoms with van der Waals surface area (Å²) in [7, 11) is 0. The molecule has 1 amide bonds. The average molecular weight is 298 g/mol. The van der Waals surface area contributed by atoms with Crippen LogP contribution in [0.1, 0.15) is 24.2 Å². The van der Waals surface area contributed by atoms with Gasteiger partial charge in [0.2, 0.25) is 5.91 Å². The van der Waals surface area contributed by atoms with Crippen LogP contribution in [0.3, 0.4) is 0 Å². The van der Waals surface area contributed by atoms with E-state index in [2.05, 4.69) is 21.2 Å². The average Bonchev–Trinajstić information content (AvgIpc) is 2.38. The number of halogens is 1. The summed E-state index contributed by atoms with van der Waals surface area (Å²) in [5.41, 5.74) is 1.02. The van der Waals surface area contributed by atoms with Gasteiger partial charge in [-0.3, -0.25) is 9.59 Å². The van der Waals surface area contributed by atoms with Crippen molar-refractivity contribution in [3.63, 3.8) is 0 Å². The van der Waals surface area contributed by atoms with Gasteiger partial charge in [-0.05, 0) is 19.1 Å². The maximum Gasteiger partial charge on any atom is 0.230 e. The van der Waals surface area contributed by atoms with Crippen molar-refractivity contribution in [2.75, 3.05) is 11.9 Å². The second-order valence-corrected chi connectivity index (χ2v) is 5.00. The lowest BCUT2D eigenvalue weighted by atomic mass is 10.1. The molecule has 0 aliphatic carbocycles. The van der Waals surface area contributed by atoms with Gasteiger partial charge in [-0.25, -0.2) is 0 Å². The monoisotopic (exact) mass is 297 g/mol. The molecule has 1 unspecified atom stereocenters. The first-order chi connectivity index (χ1) is 7.99. The lowest BCUT2D eigenvalue weighted by Gasteiger charge is -2.11. The fraction of sp³-hybridized carbons (Fsp3) is 0.333. The van der Waals surface area contributed by atoms with Crippen LogP contribution in [0.25, 0.3) is 0 Å². The number of hydrogen-bond acceptors (Lipinski definition) is 3. The maximum absolute atomic E-state index is 11.7. The van der Waals surface area contributed by atoms with E-state index in [1.54, 1.807) is 19.1 Å². The van der Waals surface area contributed by atoms with Gasteiger partial charge in [-0.1, -0.05) is 22.9 Å². The van der Waals surface area contributed by atoms with Crippen LogP contribution >= 0.6 is 15.9 Å². The number of carbonyl (C=O) groups is 2. The zero-order valence-electron chi connectivity index (χ0n) is 9.54. The molecule has 2 rings (SSSR count). The van der Waals surface area contributed by atoms with Crippen molar-refractivity contribution >= 4 is 33.3 Å². The molecule has 1 aliphatic heterocycles.